The summed E-state index contributed by atoms with van der Waals surface area (Å²) in [5, 5.41) is 0.513. The van der Waals surface area contributed by atoms with Crippen LogP contribution >= 0.6 is 0 Å². The zero-order chi connectivity index (χ0) is 15.3. The Labute approximate surface area is 127 Å². The summed E-state index contributed by atoms with van der Waals surface area (Å²) in [5.41, 5.74) is 0.307. The number of rotatable bonds is 1. The van der Waals surface area contributed by atoms with E-state index in [2.05, 4.69) is 21.9 Å². The number of benzene rings is 1. The Morgan fingerprint density at radius 2 is 1.86 bits per heavy atom. The Balaban J connectivity index is 1.63. The van der Waals surface area contributed by atoms with E-state index in [0.717, 1.165) is 26.2 Å². The Hall–Kier alpha value is -2.21. The molecule has 0 spiro atoms. The van der Waals surface area contributed by atoms with Gasteiger partial charge in [-0.3, -0.25) is 9.59 Å². The highest BCUT2D eigenvalue weighted by atomic mass is 16.2. The fourth-order valence-corrected chi connectivity index (χ4v) is 3.73. The summed E-state index contributed by atoms with van der Waals surface area (Å²) in [6.45, 7) is 3.58. The van der Waals surface area contributed by atoms with Gasteiger partial charge in [-0.2, -0.15) is 0 Å². The average Bonchev–Trinajstić information content (AvgIpc) is 3.03. The van der Waals surface area contributed by atoms with Crippen molar-refractivity contribution < 1.29 is 4.79 Å². The van der Waals surface area contributed by atoms with E-state index in [9.17, 15) is 9.59 Å². The quantitative estimate of drug-likeness (QED) is 0.835. The zero-order valence-corrected chi connectivity index (χ0v) is 12.5. The molecule has 2 saturated heterocycles. The largest absolute Gasteiger partial charge is 0.335 e. The van der Waals surface area contributed by atoms with Crippen molar-refractivity contribution in [3.05, 3.63) is 40.4 Å². The number of amides is 1. The molecular formula is C16H18N4O2. The van der Waals surface area contributed by atoms with E-state index in [-0.39, 0.29) is 17.3 Å². The maximum Gasteiger partial charge on any atom is 0.289 e. The number of aromatic nitrogens is 2. The standard InChI is InChI=1S/C16H18N4O2/c1-19-6-10-8-20(9-11(10)7-19)16(22)14-17-13-5-3-2-4-12(13)15(21)18-14/h2-5,10-11H,6-9H2,1H3,(H,17,18,21)/t10-,11+. The predicted octanol–water partition coefficient (Wildman–Crippen LogP) is 0.557. The van der Waals surface area contributed by atoms with Crippen molar-refractivity contribution in [1.82, 2.24) is 19.8 Å². The number of nitrogens with one attached hydrogen (secondary N) is 1. The topological polar surface area (TPSA) is 69.3 Å². The van der Waals surface area contributed by atoms with E-state index in [1.165, 1.54) is 0 Å². The van der Waals surface area contributed by atoms with Crippen LogP contribution in [0.5, 0.6) is 0 Å². The summed E-state index contributed by atoms with van der Waals surface area (Å²) >= 11 is 0. The maximum atomic E-state index is 12.6. The first kappa shape index (κ1) is 13.5. The highest BCUT2D eigenvalue weighted by molar-refractivity contribution is 5.92. The third-order valence-corrected chi connectivity index (χ3v) is 4.77. The molecule has 0 unspecified atom stereocenters. The van der Waals surface area contributed by atoms with E-state index < -0.39 is 0 Å². The minimum absolute atomic E-state index is 0.150. The SMILES string of the molecule is CN1C[C@@H]2CN(C(=O)c3nc4ccccc4c(=O)[nH]3)C[C@@H]2C1. The van der Waals surface area contributed by atoms with E-state index in [4.69, 9.17) is 0 Å². The summed E-state index contributed by atoms with van der Waals surface area (Å²) in [5.74, 6) is 1.07. The molecule has 22 heavy (non-hydrogen) atoms. The van der Waals surface area contributed by atoms with Crippen LogP contribution in [0.4, 0.5) is 0 Å². The second-order valence-electron chi connectivity index (χ2n) is 6.38. The molecular weight excluding hydrogens is 280 g/mol. The molecule has 6 heteroatoms. The molecule has 1 aromatic heterocycles. The van der Waals surface area contributed by atoms with Crippen molar-refractivity contribution in [2.24, 2.45) is 11.8 Å². The predicted molar refractivity (Wildman–Crippen MR) is 82.7 cm³/mol. The van der Waals surface area contributed by atoms with Crippen LogP contribution in [-0.2, 0) is 0 Å². The first-order chi connectivity index (χ1) is 10.6. The fraction of sp³-hybridized carbons (Fsp3) is 0.438. The van der Waals surface area contributed by atoms with E-state index >= 15 is 0 Å². The molecule has 3 heterocycles. The van der Waals surface area contributed by atoms with Gasteiger partial charge >= 0.3 is 0 Å². The van der Waals surface area contributed by atoms with Gasteiger partial charge in [-0.15, -0.1) is 0 Å². The summed E-state index contributed by atoms with van der Waals surface area (Å²) in [7, 11) is 2.12. The Morgan fingerprint density at radius 1 is 1.18 bits per heavy atom. The molecule has 2 aliphatic heterocycles. The van der Waals surface area contributed by atoms with Crippen molar-refractivity contribution in [1.29, 1.82) is 0 Å². The number of carbonyl (C=O) groups is 1. The summed E-state index contributed by atoms with van der Waals surface area (Å²) < 4.78 is 0. The van der Waals surface area contributed by atoms with Crippen molar-refractivity contribution >= 4 is 16.8 Å². The molecule has 2 atom stereocenters. The van der Waals surface area contributed by atoms with Gasteiger partial charge in [0.25, 0.3) is 11.5 Å². The minimum Gasteiger partial charge on any atom is -0.335 e. The normalized spacial score (nSPS) is 24.9. The lowest BCUT2D eigenvalue weighted by Gasteiger charge is -2.18. The van der Waals surface area contributed by atoms with Crippen LogP contribution in [0.25, 0.3) is 10.9 Å². The van der Waals surface area contributed by atoms with Gasteiger partial charge in [-0.1, -0.05) is 12.1 Å². The molecule has 2 fully saturated rings. The van der Waals surface area contributed by atoms with Crippen LogP contribution < -0.4 is 5.56 Å². The molecule has 114 valence electrons. The third kappa shape index (κ3) is 2.11. The van der Waals surface area contributed by atoms with Crippen LogP contribution in [0.15, 0.2) is 29.1 Å². The lowest BCUT2D eigenvalue weighted by molar-refractivity contribution is 0.0764. The van der Waals surface area contributed by atoms with Gasteiger partial charge in [0.2, 0.25) is 0 Å². The van der Waals surface area contributed by atoms with Crippen LogP contribution in [0.1, 0.15) is 10.6 Å². The summed E-state index contributed by atoms with van der Waals surface area (Å²) in [6, 6.07) is 7.08. The van der Waals surface area contributed by atoms with Gasteiger partial charge in [-0.05, 0) is 31.0 Å². The molecule has 0 radical (unpaired) electrons. The second kappa shape index (κ2) is 4.91. The molecule has 4 rings (SSSR count). The number of nitrogens with zero attached hydrogens (tertiary/aromatic N) is 3. The highest BCUT2D eigenvalue weighted by Gasteiger charge is 2.40. The smallest absolute Gasteiger partial charge is 0.289 e. The lowest BCUT2D eigenvalue weighted by Crippen LogP contribution is -2.34. The van der Waals surface area contributed by atoms with Crippen LogP contribution in [0.3, 0.4) is 0 Å². The van der Waals surface area contributed by atoms with E-state index in [0.29, 0.717) is 22.7 Å². The van der Waals surface area contributed by atoms with Crippen molar-refractivity contribution in [2.75, 3.05) is 33.2 Å². The average molecular weight is 298 g/mol. The molecule has 0 bridgehead atoms. The van der Waals surface area contributed by atoms with Gasteiger partial charge in [0.1, 0.15) is 0 Å². The minimum atomic E-state index is -0.256. The molecule has 0 aliphatic carbocycles. The fourth-order valence-electron chi connectivity index (χ4n) is 3.73. The van der Waals surface area contributed by atoms with Crippen molar-refractivity contribution in [2.45, 2.75) is 0 Å². The van der Waals surface area contributed by atoms with Gasteiger partial charge in [0.05, 0.1) is 10.9 Å². The number of H-pyrrole nitrogens is 1. The Kier molecular flexibility index (Phi) is 3.00. The lowest BCUT2D eigenvalue weighted by atomic mass is 10.0. The second-order valence-corrected chi connectivity index (χ2v) is 6.38. The van der Waals surface area contributed by atoms with E-state index in [1.54, 1.807) is 18.2 Å². The van der Waals surface area contributed by atoms with Crippen LogP contribution in [0.2, 0.25) is 0 Å². The molecule has 0 saturated carbocycles. The Bertz CT molecular complexity index is 786. The van der Waals surface area contributed by atoms with Gasteiger partial charge in [-0.25, -0.2) is 4.98 Å². The number of aromatic amines is 1. The number of likely N-dealkylation sites (tertiary alicyclic amines) is 2. The molecule has 6 nitrogen and oxygen atoms in total. The number of fused-ring (bicyclic) bond motifs is 2. The molecule has 2 aliphatic rings. The first-order valence-corrected chi connectivity index (χ1v) is 7.58. The summed E-state index contributed by atoms with van der Waals surface area (Å²) in [6.07, 6.45) is 0. The van der Waals surface area contributed by atoms with Crippen molar-refractivity contribution in [3.63, 3.8) is 0 Å². The molecule has 1 N–H and O–H groups in total. The number of carbonyl (C=O) groups excluding carboxylic acids is 1. The number of hydrogen-bond acceptors (Lipinski definition) is 4. The molecule has 2 aromatic rings. The first-order valence-electron chi connectivity index (χ1n) is 7.58. The van der Waals surface area contributed by atoms with E-state index in [1.807, 2.05) is 11.0 Å². The highest BCUT2D eigenvalue weighted by Crippen LogP contribution is 2.30. The Morgan fingerprint density at radius 3 is 2.59 bits per heavy atom. The van der Waals surface area contributed by atoms with Gasteiger partial charge in [0.15, 0.2) is 5.82 Å². The monoisotopic (exact) mass is 298 g/mol. The number of hydrogen-bond donors (Lipinski definition) is 1. The maximum absolute atomic E-state index is 12.6. The molecule has 1 amide bonds. The molecule has 1 aromatic carbocycles. The van der Waals surface area contributed by atoms with Gasteiger partial charge < -0.3 is 14.8 Å². The van der Waals surface area contributed by atoms with Crippen LogP contribution in [0, 0.1) is 11.8 Å². The van der Waals surface area contributed by atoms with Crippen molar-refractivity contribution in [3.8, 4) is 0 Å². The third-order valence-electron chi connectivity index (χ3n) is 4.77. The zero-order valence-electron chi connectivity index (χ0n) is 12.5. The summed E-state index contributed by atoms with van der Waals surface area (Å²) in [4.78, 5) is 35.8. The van der Waals surface area contributed by atoms with Crippen LogP contribution in [-0.4, -0.2) is 58.9 Å². The van der Waals surface area contributed by atoms with Gasteiger partial charge in [0, 0.05) is 26.2 Å². The number of para-hydroxylation sites is 1.